The van der Waals surface area contributed by atoms with Gasteiger partial charge in [-0.2, -0.15) is 0 Å². The third-order valence-electron chi connectivity index (χ3n) is 3.56. The maximum absolute atomic E-state index is 12.0. The third-order valence-corrected chi connectivity index (χ3v) is 3.56. The number of rotatable bonds is 5. The first kappa shape index (κ1) is 16.4. The zero-order valence-corrected chi connectivity index (χ0v) is 13.8. The Morgan fingerprint density at radius 2 is 1.28 bits per heavy atom. The molecule has 3 aromatic rings. The summed E-state index contributed by atoms with van der Waals surface area (Å²) < 4.78 is 5.32. The second-order valence-electron chi connectivity index (χ2n) is 5.35. The lowest BCUT2D eigenvalue weighted by atomic mass is 10.2. The number of amides is 2. The summed E-state index contributed by atoms with van der Waals surface area (Å²) >= 11 is 0. The Kier molecular flexibility index (Phi) is 5.16. The fourth-order valence-corrected chi connectivity index (χ4v) is 2.36. The SMILES string of the molecule is COc1ccccc1Nc1ccc(NC(=O)Nc2ccccc2)cc1. The molecule has 0 aliphatic rings. The quantitative estimate of drug-likeness (QED) is 0.610. The Hall–Kier alpha value is -3.47. The van der Waals surface area contributed by atoms with E-state index in [2.05, 4.69) is 16.0 Å². The Balaban J connectivity index is 1.61. The monoisotopic (exact) mass is 333 g/mol. The molecule has 0 saturated carbocycles. The van der Waals surface area contributed by atoms with E-state index in [1.807, 2.05) is 78.9 Å². The van der Waals surface area contributed by atoms with Crippen LogP contribution in [0.15, 0.2) is 78.9 Å². The number of ether oxygens (including phenoxy) is 1. The van der Waals surface area contributed by atoms with Crippen molar-refractivity contribution < 1.29 is 9.53 Å². The van der Waals surface area contributed by atoms with Crippen molar-refractivity contribution in [2.75, 3.05) is 23.1 Å². The Bertz CT molecular complexity index is 833. The smallest absolute Gasteiger partial charge is 0.323 e. The van der Waals surface area contributed by atoms with Gasteiger partial charge in [-0.1, -0.05) is 30.3 Å². The van der Waals surface area contributed by atoms with Crippen molar-refractivity contribution in [3.63, 3.8) is 0 Å². The van der Waals surface area contributed by atoms with E-state index >= 15 is 0 Å². The molecule has 0 aliphatic carbocycles. The van der Waals surface area contributed by atoms with E-state index in [9.17, 15) is 4.79 Å². The number of carbonyl (C=O) groups is 1. The van der Waals surface area contributed by atoms with Crippen molar-refractivity contribution in [2.24, 2.45) is 0 Å². The summed E-state index contributed by atoms with van der Waals surface area (Å²) in [6.07, 6.45) is 0. The fourth-order valence-electron chi connectivity index (χ4n) is 2.36. The van der Waals surface area contributed by atoms with Crippen LogP contribution in [0.4, 0.5) is 27.5 Å². The number of anilines is 4. The molecule has 0 aliphatic heterocycles. The van der Waals surface area contributed by atoms with Crippen LogP contribution >= 0.6 is 0 Å². The summed E-state index contributed by atoms with van der Waals surface area (Å²) in [6.45, 7) is 0. The molecule has 126 valence electrons. The van der Waals surface area contributed by atoms with Crippen LogP contribution in [0.25, 0.3) is 0 Å². The van der Waals surface area contributed by atoms with Gasteiger partial charge in [0, 0.05) is 17.1 Å². The fraction of sp³-hybridized carbons (Fsp3) is 0.0500. The summed E-state index contributed by atoms with van der Waals surface area (Å²) in [5.41, 5.74) is 3.24. The molecule has 0 heterocycles. The number of carbonyl (C=O) groups excluding carboxylic acids is 1. The Morgan fingerprint density at radius 1 is 0.720 bits per heavy atom. The summed E-state index contributed by atoms with van der Waals surface area (Å²) in [5.74, 6) is 0.770. The lowest BCUT2D eigenvalue weighted by Crippen LogP contribution is -2.19. The lowest BCUT2D eigenvalue weighted by molar-refractivity contribution is 0.262. The highest BCUT2D eigenvalue weighted by Gasteiger charge is 2.04. The maximum atomic E-state index is 12.0. The van der Waals surface area contributed by atoms with E-state index in [-0.39, 0.29) is 6.03 Å². The van der Waals surface area contributed by atoms with Gasteiger partial charge in [-0.15, -0.1) is 0 Å². The molecule has 0 fully saturated rings. The molecule has 0 radical (unpaired) electrons. The first-order chi connectivity index (χ1) is 12.2. The van der Waals surface area contributed by atoms with Crippen LogP contribution in [0, 0.1) is 0 Å². The van der Waals surface area contributed by atoms with Crippen molar-refractivity contribution >= 4 is 28.8 Å². The summed E-state index contributed by atoms with van der Waals surface area (Å²) in [6, 6.07) is 24.2. The number of urea groups is 1. The second-order valence-corrected chi connectivity index (χ2v) is 5.35. The van der Waals surface area contributed by atoms with Crippen molar-refractivity contribution in [3.05, 3.63) is 78.9 Å². The summed E-state index contributed by atoms with van der Waals surface area (Å²) in [7, 11) is 1.64. The molecule has 5 heteroatoms. The van der Waals surface area contributed by atoms with Crippen molar-refractivity contribution in [2.45, 2.75) is 0 Å². The number of hydrogen-bond donors (Lipinski definition) is 3. The molecule has 3 aromatic carbocycles. The second kappa shape index (κ2) is 7.88. The van der Waals surface area contributed by atoms with Gasteiger partial charge in [0.05, 0.1) is 12.8 Å². The van der Waals surface area contributed by atoms with Crippen LogP contribution in [0.1, 0.15) is 0 Å². The minimum absolute atomic E-state index is 0.281. The van der Waals surface area contributed by atoms with Gasteiger partial charge >= 0.3 is 6.03 Å². The molecular formula is C20H19N3O2. The van der Waals surface area contributed by atoms with Gasteiger partial charge in [-0.05, 0) is 48.5 Å². The molecule has 0 unspecified atom stereocenters. The van der Waals surface area contributed by atoms with Gasteiger partial charge in [0.25, 0.3) is 0 Å². The van der Waals surface area contributed by atoms with Gasteiger partial charge in [0.15, 0.2) is 0 Å². The van der Waals surface area contributed by atoms with Gasteiger partial charge in [-0.3, -0.25) is 0 Å². The zero-order valence-electron chi connectivity index (χ0n) is 13.8. The van der Waals surface area contributed by atoms with E-state index in [1.165, 1.54) is 0 Å². The number of benzene rings is 3. The normalized spacial score (nSPS) is 9.96. The zero-order chi connectivity index (χ0) is 17.5. The average Bonchev–Trinajstić information content (AvgIpc) is 2.64. The first-order valence-electron chi connectivity index (χ1n) is 7.88. The maximum Gasteiger partial charge on any atom is 0.323 e. The molecule has 25 heavy (non-hydrogen) atoms. The molecule has 0 aromatic heterocycles. The van der Waals surface area contributed by atoms with Gasteiger partial charge in [0.2, 0.25) is 0 Å². The van der Waals surface area contributed by atoms with E-state index < -0.39 is 0 Å². The number of para-hydroxylation sites is 3. The van der Waals surface area contributed by atoms with Crippen LogP contribution in [-0.4, -0.2) is 13.1 Å². The topological polar surface area (TPSA) is 62.4 Å². The number of nitrogens with one attached hydrogen (secondary N) is 3. The highest BCUT2D eigenvalue weighted by atomic mass is 16.5. The number of methoxy groups -OCH3 is 1. The van der Waals surface area contributed by atoms with E-state index in [1.54, 1.807) is 7.11 Å². The van der Waals surface area contributed by atoms with Crippen LogP contribution in [-0.2, 0) is 0 Å². The molecule has 0 bridgehead atoms. The van der Waals surface area contributed by atoms with Crippen molar-refractivity contribution in [3.8, 4) is 5.75 Å². The predicted octanol–water partition coefficient (Wildman–Crippen LogP) is 5.08. The molecular weight excluding hydrogens is 314 g/mol. The van der Waals surface area contributed by atoms with Crippen LogP contribution < -0.4 is 20.7 Å². The Morgan fingerprint density at radius 3 is 1.96 bits per heavy atom. The first-order valence-corrected chi connectivity index (χ1v) is 7.88. The molecule has 2 amide bonds. The van der Waals surface area contributed by atoms with Gasteiger partial charge in [-0.25, -0.2) is 4.79 Å². The average molecular weight is 333 g/mol. The molecule has 0 saturated heterocycles. The third kappa shape index (κ3) is 4.51. The highest BCUT2D eigenvalue weighted by molar-refractivity contribution is 5.99. The lowest BCUT2D eigenvalue weighted by Gasteiger charge is -2.12. The summed E-state index contributed by atoms with van der Waals surface area (Å²) in [4.78, 5) is 12.0. The van der Waals surface area contributed by atoms with Crippen LogP contribution in [0.5, 0.6) is 5.75 Å². The molecule has 3 N–H and O–H groups in total. The van der Waals surface area contributed by atoms with Crippen LogP contribution in [0.3, 0.4) is 0 Å². The van der Waals surface area contributed by atoms with E-state index in [0.29, 0.717) is 5.69 Å². The van der Waals surface area contributed by atoms with Gasteiger partial charge in [0.1, 0.15) is 5.75 Å². The number of hydrogen-bond acceptors (Lipinski definition) is 3. The minimum Gasteiger partial charge on any atom is -0.495 e. The van der Waals surface area contributed by atoms with Gasteiger partial charge < -0.3 is 20.7 Å². The van der Waals surface area contributed by atoms with E-state index in [0.717, 1.165) is 22.8 Å². The highest BCUT2D eigenvalue weighted by Crippen LogP contribution is 2.27. The largest absolute Gasteiger partial charge is 0.495 e. The van der Waals surface area contributed by atoms with E-state index in [4.69, 9.17) is 4.74 Å². The molecule has 0 spiro atoms. The molecule has 5 nitrogen and oxygen atoms in total. The molecule has 0 atom stereocenters. The minimum atomic E-state index is -0.281. The Labute approximate surface area is 146 Å². The standard InChI is InChI=1S/C20H19N3O2/c1-25-19-10-6-5-9-18(19)21-16-11-13-17(14-12-16)23-20(24)22-15-7-3-2-4-8-15/h2-14,21H,1H3,(H2,22,23,24). The van der Waals surface area contributed by atoms with Crippen LogP contribution in [0.2, 0.25) is 0 Å². The van der Waals surface area contributed by atoms with Crippen molar-refractivity contribution in [1.82, 2.24) is 0 Å². The molecule has 3 rings (SSSR count). The predicted molar refractivity (Wildman–Crippen MR) is 102 cm³/mol. The summed E-state index contributed by atoms with van der Waals surface area (Å²) in [5, 5.41) is 8.87. The van der Waals surface area contributed by atoms with Crippen molar-refractivity contribution in [1.29, 1.82) is 0 Å².